The number of hydrogen-bond acceptors (Lipinski definition) is 3. The Kier molecular flexibility index (Phi) is 3.65. The molecule has 23 heavy (non-hydrogen) atoms. The van der Waals surface area contributed by atoms with Crippen LogP contribution < -0.4 is 10.9 Å². The Morgan fingerprint density at radius 1 is 1.17 bits per heavy atom. The van der Waals surface area contributed by atoms with Crippen molar-refractivity contribution in [2.24, 2.45) is 7.05 Å². The van der Waals surface area contributed by atoms with E-state index in [2.05, 4.69) is 10.4 Å². The molecule has 0 aliphatic rings. The first-order valence-electron chi connectivity index (χ1n) is 7.01. The van der Waals surface area contributed by atoms with E-state index in [4.69, 9.17) is 0 Å². The lowest BCUT2D eigenvalue weighted by Crippen LogP contribution is -2.25. The fourth-order valence-corrected chi connectivity index (χ4v) is 2.38. The molecule has 0 unspecified atom stereocenters. The van der Waals surface area contributed by atoms with E-state index >= 15 is 0 Å². The summed E-state index contributed by atoms with van der Waals surface area (Å²) in [6.45, 7) is 1.77. The summed E-state index contributed by atoms with van der Waals surface area (Å²) < 4.78 is 14.5. The van der Waals surface area contributed by atoms with Crippen molar-refractivity contribution >= 4 is 22.4 Å². The molecule has 3 rings (SSSR count). The number of fused-ring (bicyclic) bond motifs is 1. The number of aromatic nitrogens is 2. The van der Waals surface area contributed by atoms with Crippen LogP contribution in [0.25, 0.3) is 10.8 Å². The van der Waals surface area contributed by atoms with Crippen LogP contribution in [-0.4, -0.2) is 15.7 Å². The minimum atomic E-state index is -0.495. The Morgan fingerprint density at radius 3 is 2.61 bits per heavy atom. The number of carbonyl (C=O) groups excluding carboxylic acids is 1. The Hall–Kier alpha value is -3.02. The largest absolute Gasteiger partial charge is 0.320 e. The molecule has 0 spiro atoms. The van der Waals surface area contributed by atoms with Crippen LogP contribution in [-0.2, 0) is 7.05 Å². The average Bonchev–Trinajstić information content (AvgIpc) is 2.54. The van der Waals surface area contributed by atoms with Crippen LogP contribution in [0, 0.1) is 12.7 Å². The highest BCUT2D eigenvalue weighted by Gasteiger charge is 2.16. The van der Waals surface area contributed by atoms with Crippen molar-refractivity contribution in [3.05, 3.63) is 69.9 Å². The lowest BCUT2D eigenvalue weighted by Gasteiger charge is -2.10. The summed E-state index contributed by atoms with van der Waals surface area (Å²) in [5.41, 5.74) is 0.939. The maximum atomic E-state index is 13.4. The monoisotopic (exact) mass is 311 g/mol. The van der Waals surface area contributed by atoms with Gasteiger partial charge in [-0.25, -0.2) is 9.07 Å². The van der Waals surface area contributed by atoms with Crippen LogP contribution in [0.3, 0.4) is 0 Å². The number of amides is 1. The lowest BCUT2D eigenvalue weighted by atomic mass is 10.1. The maximum absolute atomic E-state index is 13.4. The van der Waals surface area contributed by atoms with E-state index in [0.29, 0.717) is 16.5 Å². The summed E-state index contributed by atoms with van der Waals surface area (Å²) >= 11 is 0. The number of nitrogens with one attached hydrogen (secondary N) is 1. The zero-order chi connectivity index (χ0) is 16.6. The van der Waals surface area contributed by atoms with Crippen molar-refractivity contribution in [2.45, 2.75) is 6.92 Å². The van der Waals surface area contributed by atoms with E-state index < -0.39 is 11.7 Å². The first-order valence-corrected chi connectivity index (χ1v) is 7.01. The molecule has 0 aliphatic carbocycles. The van der Waals surface area contributed by atoms with Gasteiger partial charge >= 0.3 is 0 Å². The molecule has 0 radical (unpaired) electrons. The fraction of sp³-hybridized carbons (Fsp3) is 0.118. The Morgan fingerprint density at radius 2 is 1.87 bits per heavy atom. The molecule has 0 saturated heterocycles. The summed E-state index contributed by atoms with van der Waals surface area (Å²) in [4.78, 5) is 24.6. The first kappa shape index (κ1) is 14.9. The van der Waals surface area contributed by atoms with E-state index in [0.717, 1.165) is 10.2 Å². The second-order valence-electron chi connectivity index (χ2n) is 5.24. The molecule has 1 heterocycles. The quantitative estimate of drug-likeness (QED) is 0.791. The minimum Gasteiger partial charge on any atom is -0.320 e. The third-order valence-electron chi connectivity index (χ3n) is 3.62. The third-order valence-corrected chi connectivity index (χ3v) is 3.62. The number of aryl methyl sites for hydroxylation is 2. The van der Waals surface area contributed by atoms with Gasteiger partial charge in [0, 0.05) is 18.1 Å². The maximum Gasteiger partial charge on any atom is 0.276 e. The number of carbonyl (C=O) groups is 1. The summed E-state index contributed by atoms with van der Waals surface area (Å²) in [5, 5.41) is 7.57. The van der Waals surface area contributed by atoms with E-state index in [9.17, 15) is 14.0 Å². The molecule has 2 aromatic carbocycles. The second-order valence-corrected chi connectivity index (χ2v) is 5.24. The number of benzene rings is 2. The van der Waals surface area contributed by atoms with Crippen molar-refractivity contribution in [1.29, 1.82) is 0 Å². The van der Waals surface area contributed by atoms with E-state index in [1.807, 2.05) is 0 Å². The predicted molar refractivity (Wildman–Crippen MR) is 86.1 cm³/mol. The number of rotatable bonds is 2. The Labute approximate surface area is 131 Å². The third kappa shape index (κ3) is 2.70. The van der Waals surface area contributed by atoms with Crippen LogP contribution in [0.5, 0.6) is 0 Å². The molecule has 1 amide bonds. The molecule has 0 saturated carbocycles. The molecular weight excluding hydrogens is 297 g/mol. The van der Waals surface area contributed by atoms with Gasteiger partial charge in [0.15, 0.2) is 5.69 Å². The van der Waals surface area contributed by atoms with Crippen LogP contribution in [0.2, 0.25) is 0 Å². The van der Waals surface area contributed by atoms with E-state index in [1.54, 1.807) is 37.3 Å². The van der Waals surface area contributed by atoms with Crippen LogP contribution >= 0.6 is 0 Å². The Balaban J connectivity index is 2.10. The highest BCUT2D eigenvalue weighted by molar-refractivity contribution is 6.11. The number of nitrogens with zero attached hydrogens (tertiary/aromatic N) is 2. The Bertz CT molecular complexity index is 979. The van der Waals surface area contributed by atoms with E-state index in [1.165, 1.54) is 19.2 Å². The second kappa shape index (κ2) is 5.64. The number of hydrogen-bond donors (Lipinski definition) is 1. The zero-order valence-electron chi connectivity index (χ0n) is 12.6. The van der Waals surface area contributed by atoms with Gasteiger partial charge in [-0.2, -0.15) is 5.10 Å². The topological polar surface area (TPSA) is 64.0 Å². The summed E-state index contributed by atoms with van der Waals surface area (Å²) in [6.07, 6.45) is 0. The first-order chi connectivity index (χ1) is 11.0. The van der Waals surface area contributed by atoms with Gasteiger partial charge in [0.25, 0.3) is 11.5 Å². The van der Waals surface area contributed by atoms with Crippen molar-refractivity contribution in [3.63, 3.8) is 0 Å². The van der Waals surface area contributed by atoms with Crippen LogP contribution in [0.15, 0.2) is 47.3 Å². The van der Waals surface area contributed by atoms with Gasteiger partial charge in [0.2, 0.25) is 0 Å². The average molecular weight is 311 g/mol. The van der Waals surface area contributed by atoms with Crippen LogP contribution in [0.1, 0.15) is 16.1 Å². The summed E-state index contributed by atoms with van der Waals surface area (Å²) in [7, 11) is 1.49. The summed E-state index contributed by atoms with van der Waals surface area (Å²) in [5.74, 6) is -0.935. The van der Waals surface area contributed by atoms with Gasteiger partial charge in [0.05, 0.1) is 5.39 Å². The van der Waals surface area contributed by atoms with Gasteiger partial charge < -0.3 is 5.32 Å². The molecular formula is C17H14FN3O2. The van der Waals surface area contributed by atoms with Gasteiger partial charge in [0.1, 0.15) is 5.82 Å². The molecule has 0 bridgehead atoms. The molecule has 0 atom stereocenters. The van der Waals surface area contributed by atoms with Gasteiger partial charge in [-0.3, -0.25) is 9.59 Å². The van der Waals surface area contributed by atoms with E-state index in [-0.39, 0.29) is 11.3 Å². The zero-order valence-corrected chi connectivity index (χ0v) is 12.6. The van der Waals surface area contributed by atoms with Gasteiger partial charge in [-0.1, -0.05) is 24.3 Å². The highest BCUT2D eigenvalue weighted by atomic mass is 19.1. The van der Waals surface area contributed by atoms with Gasteiger partial charge in [-0.05, 0) is 30.7 Å². The molecule has 1 aromatic heterocycles. The predicted octanol–water partition coefficient (Wildman–Crippen LogP) is 2.63. The van der Waals surface area contributed by atoms with Crippen molar-refractivity contribution in [3.8, 4) is 0 Å². The summed E-state index contributed by atoms with van der Waals surface area (Å²) in [6, 6.07) is 10.9. The lowest BCUT2D eigenvalue weighted by molar-refractivity contribution is 0.102. The molecule has 0 fully saturated rings. The molecule has 116 valence electrons. The van der Waals surface area contributed by atoms with Crippen molar-refractivity contribution < 1.29 is 9.18 Å². The standard InChI is InChI=1S/C17H14FN3O2/c1-10-7-8-11(18)9-14(10)19-16(22)15-12-5-3-4-6-13(12)17(23)21(2)20-15/h3-9H,1-2H3,(H,19,22). The minimum absolute atomic E-state index is 0.117. The molecule has 5 nitrogen and oxygen atoms in total. The molecule has 0 aliphatic heterocycles. The normalized spacial score (nSPS) is 10.7. The van der Waals surface area contributed by atoms with Crippen molar-refractivity contribution in [1.82, 2.24) is 9.78 Å². The highest BCUT2D eigenvalue weighted by Crippen LogP contribution is 2.19. The molecule has 3 aromatic rings. The smallest absolute Gasteiger partial charge is 0.276 e. The number of anilines is 1. The fourth-order valence-electron chi connectivity index (χ4n) is 2.38. The molecule has 1 N–H and O–H groups in total. The van der Waals surface area contributed by atoms with Crippen LogP contribution in [0.4, 0.5) is 10.1 Å². The number of halogens is 1. The van der Waals surface area contributed by atoms with Gasteiger partial charge in [-0.15, -0.1) is 0 Å². The SMILES string of the molecule is Cc1ccc(F)cc1NC(=O)c1nn(C)c(=O)c2ccccc12. The van der Waals surface area contributed by atoms with Crippen molar-refractivity contribution in [2.75, 3.05) is 5.32 Å². The molecule has 6 heteroatoms.